The van der Waals surface area contributed by atoms with Crippen molar-refractivity contribution in [3.8, 4) is 0 Å². The molecule has 1 aromatic rings. The number of rotatable bonds is 10. The molecule has 21 heavy (non-hydrogen) atoms. The van der Waals surface area contributed by atoms with Crippen molar-refractivity contribution >= 4 is 5.97 Å². The minimum absolute atomic E-state index is 0.154. The Morgan fingerprint density at radius 2 is 2.00 bits per heavy atom. The van der Waals surface area contributed by atoms with Gasteiger partial charge < -0.3 is 9.47 Å². The summed E-state index contributed by atoms with van der Waals surface area (Å²) in [6, 6.07) is 10.1. The second-order valence-electron chi connectivity index (χ2n) is 4.69. The van der Waals surface area contributed by atoms with Crippen LogP contribution in [0.5, 0.6) is 0 Å². The maximum absolute atomic E-state index is 11.1. The highest BCUT2D eigenvalue weighted by atomic mass is 16.5. The van der Waals surface area contributed by atoms with Gasteiger partial charge in [0, 0.05) is 6.42 Å². The van der Waals surface area contributed by atoms with E-state index < -0.39 is 0 Å². The SMILES string of the molecule is C=C(/C=C/CCC(=O)OCC)CCOCc1ccccc1. The Morgan fingerprint density at radius 1 is 1.24 bits per heavy atom. The number of esters is 1. The highest BCUT2D eigenvalue weighted by Crippen LogP contribution is 2.05. The lowest BCUT2D eigenvalue weighted by Crippen LogP contribution is -2.02. The van der Waals surface area contributed by atoms with Crippen LogP contribution in [-0.4, -0.2) is 19.2 Å². The molecule has 0 aliphatic heterocycles. The largest absolute Gasteiger partial charge is 0.466 e. The van der Waals surface area contributed by atoms with E-state index in [1.807, 2.05) is 49.4 Å². The molecular formula is C18H24O3. The standard InChI is InChI=1S/C18H24O3/c1-3-21-18(19)12-8-7-9-16(2)13-14-20-15-17-10-5-4-6-11-17/h4-7,9-11H,2-3,8,12-15H2,1H3/b9-7+. The molecule has 0 bridgehead atoms. The zero-order valence-electron chi connectivity index (χ0n) is 12.7. The molecule has 0 N–H and O–H groups in total. The van der Waals surface area contributed by atoms with Gasteiger partial charge >= 0.3 is 5.97 Å². The highest BCUT2D eigenvalue weighted by molar-refractivity contribution is 5.69. The second-order valence-corrected chi connectivity index (χ2v) is 4.69. The quantitative estimate of drug-likeness (QED) is 0.370. The van der Waals surface area contributed by atoms with Gasteiger partial charge in [0.2, 0.25) is 0 Å². The molecule has 1 rings (SSSR count). The minimum atomic E-state index is -0.154. The van der Waals surface area contributed by atoms with Crippen LogP contribution in [0.4, 0.5) is 0 Å². The average Bonchev–Trinajstić information content (AvgIpc) is 2.49. The molecular weight excluding hydrogens is 264 g/mol. The smallest absolute Gasteiger partial charge is 0.306 e. The van der Waals surface area contributed by atoms with Gasteiger partial charge in [-0.2, -0.15) is 0 Å². The zero-order chi connectivity index (χ0) is 15.3. The number of hydrogen-bond acceptors (Lipinski definition) is 3. The molecule has 0 heterocycles. The summed E-state index contributed by atoms with van der Waals surface area (Å²) >= 11 is 0. The third-order valence-electron chi connectivity index (χ3n) is 2.85. The Hall–Kier alpha value is -1.87. The minimum Gasteiger partial charge on any atom is -0.466 e. The average molecular weight is 288 g/mol. The molecule has 0 aliphatic rings. The van der Waals surface area contributed by atoms with Crippen LogP contribution in [-0.2, 0) is 20.9 Å². The molecule has 0 atom stereocenters. The molecule has 0 saturated heterocycles. The van der Waals surface area contributed by atoms with Crippen molar-refractivity contribution in [2.45, 2.75) is 32.8 Å². The molecule has 114 valence electrons. The second kappa shape index (κ2) is 10.9. The van der Waals surface area contributed by atoms with Gasteiger partial charge in [-0.15, -0.1) is 0 Å². The van der Waals surface area contributed by atoms with E-state index in [0.717, 1.165) is 12.0 Å². The van der Waals surface area contributed by atoms with Crippen LogP contribution >= 0.6 is 0 Å². The Morgan fingerprint density at radius 3 is 2.71 bits per heavy atom. The number of carbonyl (C=O) groups excluding carboxylic acids is 1. The molecule has 0 radical (unpaired) electrons. The molecule has 3 heteroatoms. The lowest BCUT2D eigenvalue weighted by atomic mass is 10.2. The first-order chi connectivity index (χ1) is 10.2. The van der Waals surface area contributed by atoms with Crippen LogP contribution in [0.3, 0.4) is 0 Å². The maximum atomic E-state index is 11.1. The predicted octanol–water partition coefficient (Wildman–Crippen LogP) is 4.05. The molecule has 1 aromatic carbocycles. The molecule has 3 nitrogen and oxygen atoms in total. The first-order valence-corrected chi connectivity index (χ1v) is 7.34. The highest BCUT2D eigenvalue weighted by Gasteiger charge is 1.98. The van der Waals surface area contributed by atoms with Crippen LogP contribution in [0.25, 0.3) is 0 Å². The topological polar surface area (TPSA) is 35.5 Å². The lowest BCUT2D eigenvalue weighted by molar-refractivity contribution is -0.142. The van der Waals surface area contributed by atoms with Gasteiger partial charge in [0.1, 0.15) is 0 Å². The number of benzene rings is 1. The van der Waals surface area contributed by atoms with Gasteiger partial charge in [-0.25, -0.2) is 0 Å². The third kappa shape index (κ3) is 8.82. The summed E-state index contributed by atoms with van der Waals surface area (Å²) in [6.45, 7) is 7.49. The van der Waals surface area contributed by atoms with Crippen LogP contribution in [0.1, 0.15) is 31.7 Å². The van der Waals surface area contributed by atoms with Crippen molar-refractivity contribution in [3.05, 3.63) is 60.2 Å². The van der Waals surface area contributed by atoms with Gasteiger partial charge in [0.25, 0.3) is 0 Å². The Balaban J connectivity index is 2.07. The molecule has 0 amide bonds. The van der Waals surface area contributed by atoms with Gasteiger partial charge in [0.05, 0.1) is 19.8 Å². The molecule has 0 fully saturated rings. The van der Waals surface area contributed by atoms with Crippen molar-refractivity contribution in [2.75, 3.05) is 13.2 Å². The summed E-state index contributed by atoms with van der Waals surface area (Å²) < 4.78 is 10.5. The van der Waals surface area contributed by atoms with E-state index in [-0.39, 0.29) is 5.97 Å². The van der Waals surface area contributed by atoms with Crippen molar-refractivity contribution in [3.63, 3.8) is 0 Å². The summed E-state index contributed by atoms with van der Waals surface area (Å²) in [5.41, 5.74) is 2.18. The van der Waals surface area contributed by atoms with E-state index in [1.165, 1.54) is 5.56 Å². The third-order valence-corrected chi connectivity index (χ3v) is 2.85. The molecule has 0 saturated carbocycles. The Labute approximate surface area is 127 Å². The van der Waals surface area contributed by atoms with E-state index in [1.54, 1.807) is 0 Å². The van der Waals surface area contributed by atoms with Crippen molar-refractivity contribution < 1.29 is 14.3 Å². The summed E-state index contributed by atoms with van der Waals surface area (Å²) in [6.07, 6.45) is 5.80. The van der Waals surface area contributed by atoms with Crippen LogP contribution in [0.15, 0.2) is 54.6 Å². The van der Waals surface area contributed by atoms with Gasteiger partial charge in [-0.05, 0) is 25.3 Å². The first kappa shape index (κ1) is 17.2. The number of hydrogen-bond donors (Lipinski definition) is 0. The summed E-state index contributed by atoms with van der Waals surface area (Å²) in [7, 11) is 0. The fourth-order valence-corrected chi connectivity index (χ4v) is 1.74. The van der Waals surface area contributed by atoms with E-state index >= 15 is 0 Å². The van der Waals surface area contributed by atoms with Gasteiger partial charge in [0.15, 0.2) is 0 Å². The fourth-order valence-electron chi connectivity index (χ4n) is 1.74. The van der Waals surface area contributed by atoms with Crippen LogP contribution in [0.2, 0.25) is 0 Å². The number of carbonyl (C=O) groups is 1. The maximum Gasteiger partial charge on any atom is 0.306 e. The number of ether oxygens (including phenoxy) is 2. The lowest BCUT2D eigenvalue weighted by Gasteiger charge is -2.04. The normalized spacial score (nSPS) is 10.7. The van der Waals surface area contributed by atoms with Crippen molar-refractivity contribution in [1.29, 1.82) is 0 Å². The molecule has 0 aliphatic carbocycles. The van der Waals surface area contributed by atoms with Crippen LogP contribution in [0, 0.1) is 0 Å². The Kier molecular flexibility index (Phi) is 8.89. The molecule has 0 spiro atoms. The molecule has 0 unspecified atom stereocenters. The summed E-state index contributed by atoms with van der Waals surface area (Å²) in [4.78, 5) is 11.1. The first-order valence-electron chi connectivity index (χ1n) is 7.34. The van der Waals surface area contributed by atoms with E-state index in [4.69, 9.17) is 9.47 Å². The fraction of sp³-hybridized carbons (Fsp3) is 0.389. The molecule has 0 aromatic heterocycles. The van der Waals surface area contributed by atoms with Gasteiger partial charge in [-0.1, -0.05) is 54.6 Å². The van der Waals surface area contributed by atoms with Gasteiger partial charge in [-0.3, -0.25) is 4.79 Å². The zero-order valence-corrected chi connectivity index (χ0v) is 12.7. The predicted molar refractivity (Wildman–Crippen MR) is 84.9 cm³/mol. The Bertz CT molecular complexity index is 449. The van der Waals surface area contributed by atoms with E-state index in [2.05, 4.69) is 6.58 Å². The van der Waals surface area contributed by atoms with Crippen molar-refractivity contribution in [1.82, 2.24) is 0 Å². The van der Waals surface area contributed by atoms with E-state index in [9.17, 15) is 4.79 Å². The number of allylic oxidation sites excluding steroid dienone is 2. The van der Waals surface area contributed by atoms with Crippen molar-refractivity contribution in [2.24, 2.45) is 0 Å². The van der Waals surface area contributed by atoms with E-state index in [0.29, 0.717) is 32.7 Å². The van der Waals surface area contributed by atoms with Crippen LogP contribution < -0.4 is 0 Å². The summed E-state index contributed by atoms with van der Waals surface area (Å²) in [5.74, 6) is -0.154. The monoisotopic (exact) mass is 288 g/mol. The summed E-state index contributed by atoms with van der Waals surface area (Å²) in [5, 5.41) is 0.